The molecule has 0 aliphatic heterocycles. The Balaban J connectivity index is 2.02. The van der Waals surface area contributed by atoms with Crippen LogP contribution in [-0.2, 0) is 0 Å². The molecule has 0 radical (unpaired) electrons. The number of nitrogens with zero attached hydrogens (tertiary/aromatic N) is 1. The number of fused-ring (bicyclic) bond motifs is 1. The molecule has 0 atom stereocenters. The van der Waals surface area contributed by atoms with Crippen LogP contribution in [0, 0.1) is 0 Å². The Kier molecular flexibility index (Phi) is 2.79. The third kappa shape index (κ3) is 2.01. The minimum atomic E-state index is 0.901. The molecule has 4 rings (SSSR count). The van der Waals surface area contributed by atoms with Crippen molar-refractivity contribution in [3.63, 3.8) is 0 Å². The fraction of sp³-hybridized carbons (Fsp3) is 0. The average molecular weight is 270 g/mol. The first-order chi connectivity index (χ1) is 10.4. The lowest BCUT2D eigenvalue weighted by molar-refractivity contribution is 1.31. The van der Waals surface area contributed by atoms with Gasteiger partial charge in [0, 0.05) is 18.0 Å². The van der Waals surface area contributed by atoms with E-state index in [1.807, 2.05) is 12.3 Å². The Labute approximate surface area is 123 Å². The average Bonchev–Trinajstić information content (AvgIpc) is 3.09. The molecule has 21 heavy (non-hydrogen) atoms. The van der Waals surface area contributed by atoms with E-state index in [2.05, 4.69) is 70.6 Å². The van der Waals surface area contributed by atoms with E-state index in [0.717, 1.165) is 11.4 Å². The van der Waals surface area contributed by atoms with Gasteiger partial charge in [-0.15, -0.1) is 0 Å². The van der Waals surface area contributed by atoms with E-state index in [0.29, 0.717) is 0 Å². The lowest BCUT2D eigenvalue weighted by Gasteiger charge is -2.10. The van der Waals surface area contributed by atoms with E-state index in [4.69, 9.17) is 0 Å². The lowest BCUT2D eigenvalue weighted by atomic mass is 9.94. The normalized spacial score (nSPS) is 10.9. The molecule has 1 aromatic heterocycles. The van der Waals surface area contributed by atoms with Crippen LogP contribution in [0.25, 0.3) is 33.3 Å². The summed E-state index contributed by atoms with van der Waals surface area (Å²) in [5.41, 5.74) is 3.56. The molecular weight excluding hydrogens is 256 g/mol. The Hall–Kier alpha value is -2.87. The van der Waals surface area contributed by atoms with Crippen LogP contribution in [0.4, 0.5) is 0 Å². The van der Waals surface area contributed by atoms with Crippen molar-refractivity contribution in [3.8, 4) is 22.5 Å². The molecule has 0 saturated carbocycles. The SMILES string of the molecule is c1ccc(-c2cccc3ccccc23)c(-c2ncc[nH]2)c1. The smallest absolute Gasteiger partial charge is 0.137 e. The summed E-state index contributed by atoms with van der Waals surface area (Å²) in [4.78, 5) is 7.60. The highest BCUT2D eigenvalue weighted by atomic mass is 14.9. The molecule has 0 aliphatic rings. The second-order valence-corrected chi connectivity index (χ2v) is 5.01. The van der Waals surface area contributed by atoms with Crippen molar-refractivity contribution >= 4 is 10.8 Å². The molecule has 2 nitrogen and oxygen atoms in total. The monoisotopic (exact) mass is 270 g/mol. The highest BCUT2D eigenvalue weighted by Gasteiger charge is 2.10. The van der Waals surface area contributed by atoms with Gasteiger partial charge in [-0.25, -0.2) is 4.98 Å². The third-order valence-electron chi connectivity index (χ3n) is 3.76. The van der Waals surface area contributed by atoms with Crippen LogP contribution in [0.5, 0.6) is 0 Å². The summed E-state index contributed by atoms with van der Waals surface area (Å²) < 4.78 is 0. The summed E-state index contributed by atoms with van der Waals surface area (Å²) in [6.45, 7) is 0. The van der Waals surface area contributed by atoms with Gasteiger partial charge in [0.1, 0.15) is 5.82 Å². The first-order valence-electron chi connectivity index (χ1n) is 7.00. The molecule has 0 unspecified atom stereocenters. The van der Waals surface area contributed by atoms with Gasteiger partial charge >= 0.3 is 0 Å². The molecule has 0 amide bonds. The number of H-pyrrole nitrogens is 1. The predicted octanol–water partition coefficient (Wildman–Crippen LogP) is 4.90. The van der Waals surface area contributed by atoms with Crippen molar-refractivity contribution < 1.29 is 0 Å². The lowest BCUT2D eigenvalue weighted by Crippen LogP contribution is -1.88. The second-order valence-electron chi connectivity index (χ2n) is 5.01. The minimum Gasteiger partial charge on any atom is -0.345 e. The second kappa shape index (κ2) is 4.91. The molecule has 2 heteroatoms. The number of nitrogens with one attached hydrogen (secondary N) is 1. The Morgan fingerprint density at radius 2 is 1.38 bits per heavy atom. The number of rotatable bonds is 2. The largest absolute Gasteiger partial charge is 0.345 e. The molecule has 0 fully saturated rings. The Bertz CT molecular complexity index is 887. The maximum absolute atomic E-state index is 4.40. The summed E-state index contributed by atoms with van der Waals surface area (Å²) in [5.74, 6) is 0.901. The van der Waals surface area contributed by atoms with E-state index in [1.54, 1.807) is 6.20 Å². The number of imidazole rings is 1. The van der Waals surface area contributed by atoms with Gasteiger partial charge < -0.3 is 4.98 Å². The Morgan fingerprint density at radius 1 is 0.667 bits per heavy atom. The van der Waals surface area contributed by atoms with Gasteiger partial charge in [-0.1, -0.05) is 66.7 Å². The summed E-state index contributed by atoms with van der Waals surface area (Å²) in [6, 6.07) is 23.3. The quantitative estimate of drug-likeness (QED) is 0.551. The topological polar surface area (TPSA) is 28.7 Å². The molecule has 0 bridgehead atoms. The van der Waals surface area contributed by atoms with Crippen LogP contribution >= 0.6 is 0 Å². The van der Waals surface area contributed by atoms with Gasteiger partial charge in [0.2, 0.25) is 0 Å². The molecule has 1 N–H and O–H groups in total. The minimum absolute atomic E-state index is 0.901. The first-order valence-corrected chi connectivity index (χ1v) is 7.00. The van der Waals surface area contributed by atoms with Gasteiger partial charge in [0.15, 0.2) is 0 Å². The molecule has 0 spiro atoms. The zero-order valence-corrected chi connectivity index (χ0v) is 11.5. The number of hydrogen-bond acceptors (Lipinski definition) is 1. The zero-order valence-electron chi connectivity index (χ0n) is 11.5. The van der Waals surface area contributed by atoms with Crippen LogP contribution in [0.2, 0.25) is 0 Å². The maximum atomic E-state index is 4.40. The highest BCUT2D eigenvalue weighted by Crippen LogP contribution is 2.34. The number of aromatic nitrogens is 2. The fourth-order valence-corrected chi connectivity index (χ4v) is 2.80. The molecule has 0 aliphatic carbocycles. The van der Waals surface area contributed by atoms with Gasteiger partial charge in [0.05, 0.1) is 0 Å². The summed E-state index contributed by atoms with van der Waals surface area (Å²) in [5, 5.41) is 2.52. The number of benzene rings is 3. The van der Waals surface area contributed by atoms with Crippen LogP contribution in [0.3, 0.4) is 0 Å². The molecule has 4 aromatic rings. The predicted molar refractivity (Wildman–Crippen MR) is 87.0 cm³/mol. The van der Waals surface area contributed by atoms with Gasteiger partial charge in [0.25, 0.3) is 0 Å². The summed E-state index contributed by atoms with van der Waals surface area (Å²) >= 11 is 0. The van der Waals surface area contributed by atoms with Crippen LogP contribution < -0.4 is 0 Å². The highest BCUT2D eigenvalue weighted by molar-refractivity contribution is 5.99. The molecule has 0 saturated heterocycles. The fourth-order valence-electron chi connectivity index (χ4n) is 2.80. The van der Waals surface area contributed by atoms with E-state index in [9.17, 15) is 0 Å². The number of hydrogen-bond donors (Lipinski definition) is 1. The van der Waals surface area contributed by atoms with Crippen molar-refractivity contribution in [1.29, 1.82) is 0 Å². The van der Waals surface area contributed by atoms with Gasteiger partial charge in [-0.05, 0) is 21.9 Å². The number of aromatic amines is 1. The van der Waals surface area contributed by atoms with Crippen molar-refractivity contribution in [2.24, 2.45) is 0 Å². The van der Waals surface area contributed by atoms with E-state index in [-0.39, 0.29) is 0 Å². The molecule has 100 valence electrons. The Morgan fingerprint density at radius 3 is 2.24 bits per heavy atom. The van der Waals surface area contributed by atoms with Crippen LogP contribution in [0.1, 0.15) is 0 Å². The van der Waals surface area contributed by atoms with E-state index < -0.39 is 0 Å². The molecule has 3 aromatic carbocycles. The standard InChI is InChI=1S/C19H14N2/c1-2-8-15-14(6-1)7-5-11-16(15)17-9-3-4-10-18(17)19-20-12-13-21-19/h1-13H,(H,20,21). The van der Waals surface area contributed by atoms with Crippen molar-refractivity contribution in [2.75, 3.05) is 0 Å². The first kappa shape index (κ1) is 11.9. The maximum Gasteiger partial charge on any atom is 0.137 e. The summed E-state index contributed by atoms with van der Waals surface area (Å²) in [7, 11) is 0. The van der Waals surface area contributed by atoms with E-state index >= 15 is 0 Å². The van der Waals surface area contributed by atoms with Crippen molar-refractivity contribution in [3.05, 3.63) is 79.1 Å². The van der Waals surface area contributed by atoms with Crippen molar-refractivity contribution in [1.82, 2.24) is 9.97 Å². The van der Waals surface area contributed by atoms with E-state index in [1.165, 1.54) is 21.9 Å². The van der Waals surface area contributed by atoms with Crippen molar-refractivity contribution in [2.45, 2.75) is 0 Å². The summed E-state index contributed by atoms with van der Waals surface area (Å²) in [6.07, 6.45) is 3.64. The molecular formula is C19H14N2. The zero-order chi connectivity index (χ0) is 14.1. The van der Waals surface area contributed by atoms with Gasteiger partial charge in [-0.3, -0.25) is 0 Å². The third-order valence-corrected chi connectivity index (χ3v) is 3.76. The molecule has 1 heterocycles. The van der Waals surface area contributed by atoms with Crippen LogP contribution in [0.15, 0.2) is 79.1 Å². The van der Waals surface area contributed by atoms with Gasteiger partial charge in [-0.2, -0.15) is 0 Å². The van der Waals surface area contributed by atoms with Crippen LogP contribution in [-0.4, -0.2) is 9.97 Å².